The van der Waals surface area contributed by atoms with Crippen LogP contribution in [0.1, 0.15) is 75.7 Å². The Morgan fingerprint density at radius 1 is 1.04 bits per heavy atom. The van der Waals surface area contributed by atoms with Gasteiger partial charge in [-0.25, -0.2) is 9.07 Å². The van der Waals surface area contributed by atoms with E-state index in [0.29, 0.717) is 77.4 Å². The molecule has 2 bridgehead atoms. The van der Waals surface area contributed by atoms with Crippen molar-refractivity contribution in [1.29, 1.82) is 5.26 Å². The first-order chi connectivity index (χ1) is 38.8. The zero-order chi connectivity index (χ0) is 56.2. The maximum absolute atomic E-state index is 15.3. The highest BCUT2D eigenvalue weighted by molar-refractivity contribution is 7.17. The van der Waals surface area contributed by atoms with Gasteiger partial charge in [-0.05, 0) is 79.5 Å². The SMILES string of the molecule is CO[C@@H](C)COc1nc(N2CC3CC2CN3)c2cc(Cl)c(-c3ccc(F)c4scc(C#N)c34)c(OCc3ccc(-c4cn(C(C(=O)N5CCCC5C)C(C)C)nn4)cc3)c2n1.O=CNC(CO)c1ccc(-c2ccncc2Cl)cc1. The van der Waals surface area contributed by atoms with Gasteiger partial charge in [0.05, 0.1) is 45.3 Å². The first-order valence-corrected chi connectivity index (χ1v) is 28.2. The fourth-order valence-corrected chi connectivity index (χ4v) is 12.2. The second-order valence-electron chi connectivity index (χ2n) is 20.6. The highest BCUT2D eigenvalue weighted by Crippen LogP contribution is 2.49. The smallest absolute Gasteiger partial charge is 0.319 e. The third-order valence-corrected chi connectivity index (χ3v) is 16.7. The number of nitriles is 1. The van der Waals surface area contributed by atoms with E-state index < -0.39 is 11.9 Å². The Balaban J connectivity index is 0.000000320. The third kappa shape index (κ3) is 11.5. The number of halogens is 3. The second kappa shape index (κ2) is 24.6. The second-order valence-corrected chi connectivity index (χ2v) is 22.3. The zero-order valence-electron chi connectivity index (χ0n) is 44.8. The van der Waals surface area contributed by atoms with E-state index in [4.69, 9.17) is 47.4 Å². The highest BCUT2D eigenvalue weighted by atomic mass is 35.5. The lowest BCUT2D eigenvalue weighted by Crippen LogP contribution is -2.44. The Morgan fingerprint density at radius 3 is 2.49 bits per heavy atom. The van der Waals surface area contributed by atoms with Gasteiger partial charge in [0.2, 0.25) is 12.3 Å². The van der Waals surface area contributed by atoms with Gasteiger partial charge in [0.25, 0.3) is 0 Å². The predicted molar refractivity (Wildman–Crippen MR) is 307 cm³/mol. The monoisotopic (exact) mass is 1140 g/mol. The number of hydrogen-bond acceptors (Lipinski definition) is 15. The van der Waals surface area contributed by atoms with Gasteiger partial charge in [0.1, 0.15) is 48.2 Å². The van der Waals surface area contributed by atoms with Crippen molar-refractivity contribution < 1.29 is 33.3 Å². The van der Waals surface area contributed by atoms with E-state index in [2.05, 4.69) is 43.8 Å². The van der Waals surface area contributed by atoms with Crippen molar-refractivity contribution in [3.63, 3.8) is 0 Å². The summed E-state index contributed by atoms with van der Waals surface area (Å²) in [5, 5.41) is 38.1. The first kappa shape index (κ1) is 56.0. The summed E-state index contributed by atoms with van der Waals surface area (Å²) in [5.41, 5.74) is 6.85. The standard InChI is InChI=1S/C45H47ClFN9O4S.C14H13ClN2O2/c1-24(2)40(44(57)54-14-6-7-25(54)3)56-20-36(52-53-56)28-10-8-27(9-11-28)22-59-41-38(32-12-13-35(47)42-37(32)29(17-48)23-61-42)34(46)16-33-39(41)50-45(60-21-26(4)58-5)51-43(33)55-19-30-15-31(55)18-49-30;15-13-7-16-6-5-12(13)10-1-3-11(4-2-10)14(8-18)17-9-19/h8-13,16,20,23-26,30-31,40,49H,6-7,14-15,18-19,21-22H2,1-5H3;1-7,9,14,18H,8H2,(H,17,19)/t25?,26-,30?,31?,40?;/m0./s1. The van der Waals surface area contributed by atoms with Crippen molar-refractivity contribution in [1.82, 2.24) is 45.5 Å². The molecule has 80 heavy (non-hydrogen) atoms. The minimum absolute atomic E-state index is 0.0273. The number of anilines is 1. The van der Waals surface area contributed by atoms with Gasteiger partial charge in [-0.2, -0.15) is 15.2 Å². The van der Waals surface area contributed by atoms with Crippen LogP contribution in [0.25, 0.3) is 54.5 Å². The number of aromatic nitrogens is 6. The molecule has 3 N–H and O–H groups in total. The number of piperazine rings is 1. The van der Waals surface area contributed by atoms with Crippen molar-refractivity contribution in [3.8, 4) is 51.3 Å². The maximum Gasteiger partial charge on any atom is 0.319 e. The number of nitrogens with one attached hydrogen (secondary N) is 2. The van der Waals surface area contributed by atoms with Crippen molar-refractivity contribution in [2.24, 2.45) is 5.92 Å². The first-order valence-electron chi connectivity index (χ1n) is 26.5. The van der Waals surface area contributed by atoms with Crippen LogP contribution in [0, 0.1) is 23.1 Å². The van der Waals surface area contributed by atoms with Crippen molar-refractivity contribution in [2.75, 3.05) is 44.9 Å². The van der Waals surface area contributed by atoms with E-state index in [1.807, 2.05) is 92.5 Å². The van der Waals surface area contributed by atoms with Crippen LogP contribution >= 0.6 is 34.5 Å². The number of hydrogen-bond donors (Lipinski definition) is 3. The molecule has 5 unspecified atom stereocenters. The fraction of sp³-hybridized carbons (Fsp3) is 0.356. The quantitative estimate of drug-likeness (QED) is 0.0684. The summed E-state index contributed by atoms with van der Waals surface area (Å²) in [5.74, 6) is 0.710. The number of nitrogens with zero attached hydrogens (tertiary/aromatic N) is 9. The number of rotatable bonds is 18. The minimum atomic E-state index is -0.451. The average Bonchev–Trinajstić information content (AvgIpc) is 4.10. The molecule has 4 aromatic heterocycles. The van der Waals surface area contributed by atoms with Crippen LogP contribution in [-0.2, 0) is 20.9 Å². The summed E-state index contributed by atoms with van der Waals surface area (Å²) in [6.45, 7) is 10.6. The number of benzene rings is 4. The summed E-state index contributed by atoms with van der Waals surface area (Å²) < 4.78 is 35.8. The molecule has 3 fully saturated rings. The van der Waals surface area contributed by atoms with Crippen LogP contribution in [0.3, 0.4) is 0 Å². The molecule has 21 heteroatoms. The molecule has 8 aromatic rings. The van der Waals surface area contributed by atoms with Crippen LogP contribution in [0.2, 0.25) is 10.0 Å². The normalized spacial score (nSPS) is 17.8. The van der Waals surface area contributed by atoms with Crippen LogP contribution in [0.15, 0.2) is 96.8 Å². The van der Waals surface area contributed by atoms with Gasteiger partial charge in [-0.1, -0.05) is 96.9 Å². The highest BCUT2D eigenvalue weighted by Gasteiger charge is 2.40. The van der Waals surface area contributed by atoms with Gasteiger partial charge >= 0.3 is 6.01 Å². The molecule has 17 nitrogen and oxygen atoms in total. The number of pyridine rings is 1. The number of thiophene rings is 1. The van der Waals surface area contributed by atoms with Crippen LogP contribution < -0.4 is 25.0 Å². The van der Waals surface area contributed by atoms with E-state index in [9.17, 15) is 20.0 Å². The Morgan fingerprint density at radius 2 is 1.82 bits per heavy atom. The molecular weight excluding hydrogens is 1080 g/mol. The number of amides is 2. The van der Waals surface area contributed by atoms with Crippen LogP contribution in [0.4, 0.5) is 10.2 Å². The van der Waals surface area contributed by atoms with E-state index in [1.165, 1.54) is 17.4 Å². The molecule has 4 aromatic carbocycles. The molecule has 6 atom stereocenters. The predicted octanol–water partition coefficient (Wildman–Crippen LogP) is 10.4. The molecular formula is C59H60Cl2FN11O6S. The number of carbonyl (C=O) groups is 2. The number of fused-ring (bicyclic) bond motifs is 4. The number of carbonyl (C=O) groups excluding carboxylic acids is 2. The fourth-order valence-electron chi connectivity index (χ4n) is 10.8. The van der Waals surface area contributed by atoms with Gasteiger partial charge in [0.15, 0.2) is 5.75 Å². The lowest BCUT2D eigenvalue weighted by Gasteiger charge is -2.30. The number of aliphatic hydroxyl groups is 1. The van der Waals surface area contributed by atoms with E-state index >= 15 is 4.39 Å². The molecule has 0 saturated carbocycles. The topological polar surface area (TPSA) is 206 Å². The molecule has 0 aliphatic carbocycles. The molecule has 3 aliphatic heterocycles. The van der Waals surface area contributed by atoms with Crippen LogP contribution in [0.5, 0.6) is 11.8 Å². The van der Waals surface area contributed by atoms with Gasteiger partial charge < -0.3 is 39.8 Å². The average molecular weight is 1140 g/mol. The molecule has 2 amide bonds. The maximum atomic E-state index is 15.3. The minimum Gasteiger partial charge on any atom is -0.486 e. The molecule has 0 spiro atoms. The zero-order valence-corrected chi connectivity index (χ0v) is 47.1. The Hall–Kier alpha value is -7.31. The van der Waals surface area contributed by atoms with Crippen LogP contribution in [-0.4, -0.2) is 116 Å². The number of ether oxygens (including phenoxy) is 3. The molecule has 3 saturated heterocycles. The Kier molecular flexibility index (Phi) is 17.2. The van der Waals surface area contributed by atoms with Crippen molar-refractivity contribution in [3.05, 3.63) is 129 Å². The number of aliphatic hydroxyl groups excluding tert-OH is 1. The van der Waals surface area contributed by atoms with E-state index in [0.717, 1.165) is 66.7 Å². The molecule has 414 valence electrons. The van der Waals surface area contributed by atoms with Gasteiger partial charge in [0, 0.05) is 90.1 Å². The molecule has 0 radical (unpaired) electrons. The summed E-state index contributed by atoms with van der Waals surface area (Å²) in [4.78, 5) is 42.2. The lowest BCUT2D eigenvalue weighted by atomic mass is 9.96. The summed E-state index contributed by atoms with van der Waals surface area (Å²) in [6, 6.07) is 24.3. The largest absolute Gasteiger partial charge is 0.486 e. The Bertz CT molecular complexity index is 3580. The van der Waals surface area contributed by atoms with Crippen molar-refractivity contribution in [2.45, 2.75) is 89.9 Å². The molecule has 3 aliphatic rings. The summed E-state index contributed by atoms with van der Waals surface area (Å²) in [6.07, 6.45) is 8.48. The molecule has 7 heterocycles. The van der Waals surface area contributed by atoms with Crippen molar-refractivity contribution >= 4 is 73.7 Å². The van der Waals surface area contributed by atoms with Gasteiger partial charge in [-0.3, -0.25) is 14.6 Å². The van der Waals surface area contributed by atoms with Gasteiger partial charge in [-0.15, -0.1) is 16.4 Å². The number of methoxy groups -OCH3 is 1. The summed E-state index contributed by atoms with van der Waals surface area (Å²) in [7, 11) is 1.62. The van der Waals surface area contributed by atoms with E-state index in [-0.39, 0.29) is 61.9 Å². The summed E-state index contributed by atoms with van der Waals surface area (Å²) >= 11 is 14.6. The third-order valence-electron chi connectivity index (χ3n) is 15.1. The molecule has 11 rings (SSSR count). The van der Waals surface area contributed by atoms with E-state index in [1.54, 1.807) is 35.6 Å². The lowest BCUT2D eigenvalue weighted by molar-refractivity contribution is -0.137. The Labute approximate surface area is 476 Å². The number of likely N-dealkylation sites (tertiary alicyclic amines) is 1.